The van der Waals surface area contributed by atoms with E-state index in [2.05, 4.69) is 20.5 Å². The molecule has 0 bridgehead atoms. The van der Waals surface area contributed by atoms with Crippen molar-refractivity contribution in [2.45, 2.75) is 32.0 Å². The largest absolute Gasteiger partial charge is 0.496 e. The summed E-state index contributed by atoms with van der Waals surface area (Å²) in [6, 6.07) is 9.94. The van der Waals surface area contributed by atoms with Crippen molar-refractivity contribution in [3.05, 3.63) is 64.2 Å². The number of halogens is 3. The molecule has 30 heavy (non-hydrogen) atoms. The van der Waals surface area contributed by atoms with E-state index >= 15 is 0 Å². The summed E-state index contributed by atoms with van der Waals surface area (Å²) in [4.78, 5) is 6.56. The summed E-state index contributed by atoms with van der Waals surface area (Å²) in [6.07, 6.45) is 1.88. The first-order valence-electron chi connectivity index (χ1n) is 9.94. The van der Waals surface area contributed by atoms with Gasteiger partial charge in [0.05, 0.1) is 7.11 Å². The van der Waals surface area contributed by atoms with E-state index < -0.39 is 11.6 Å². The Labute approximate surface area is 181 Å². The molecule has 0 amide bonds. The van der Waals surface area contributed by atoms with E-state index in [9.17, 15) is 8.78 Å². The third kappa shape index (κ3) is 6.06. The van der Waals surface area contributed by atoms with Gasteiger partial charge in [0, 0.05) is 49.9 Å². The molecule has 1 heterocycles. The number of piperidine rings is 1. The summed E-state index contributed by atoms with van der Waals surface area (Å²) in [7, 11) is 3.36. The van der Waals surface area contributed by atoms with Crippen LogP contribution in [0.15, 0.2) is 41.4 Å². The third-order valence-electron chi connectivity index (χ3n) is 5.24. The van der Waals surface area contributed by atoms with Crippen molar-refractivity contribution in [1.82, 2.24) is 15.5 Å². The summed E-state index contributed by atoms with van der Waals surface area (Å²) in [5.41, 5.74) is 1.78. The molecular formula is C22H27ClF2N4O. The molecular weight excluding hydrogens is 410 g/mol. The van der Waals surface area contributed by atoms with Crippen LogP contribution in [0.3, 0.4) is 0 Å². The van der Waals surface area contributed by atoms with E-state index in [1.54, 1.807) is 26.3 Å². The average Bonchev–Trinajstić information content (AvgIpc) is 2.75. The highest BCUT2D eigenvalue weighted by Gasteiger charge is 2.20. The van der Waals surface area contributed by atoms with Crippen molar-refractivity contribution in [2.24, 2.45) is 4.99 Å². The van der Waals surface area contributed by atoms with Gasteiger partial charge in [-0.2, -0.15) is 0 Å². The Kier molecular flexibility index (Phi) is 7.87. The van der Waals surface area contributed by atoms with Gasteiger partial charge < -0.3 is 15.4 Å². The number of rotatable bonds is 6. The molecule has 0 radical (unpaired) electrons. The number of guanidine groups is 1. The number of benzene rings is 2. The molecule has 1 fully saturated rings. The average molecular weight is 437 g/mol. The van der Waals surface area contributed by atoms with Crippen molar-refractivity contribution in [3.63, 3.8) is 0 Å². The summed E-state index contributed by atoms with van der Waals surface area (Å²) in [6.45, 7) is 2.93. The summed E-state index contributed by atoms with van der Waals surface area (Å²) >= 11 is 6.02. The molecule has 2 aromatic rings. The van der Waals surface area contributed by atoms with Crippen LogP contribution in [0.1, 0.15) is 24.0 Å². The molecule has 5 nitrogen and oxygen atoms in total. The first-order chi connectivity index (χ1) is 14.5. The lowest BCUT2D eigenvalue weighted by Crippen LogP contribution is -2.48. The number of aliphatic imine (C=N–C) groups is 1. The van der Waals surface area contributed by atoms with Crippen LogP contribution in [0.25, 0.3) is 0 Å². The Bertz CT molecular complexity index is 885. The molecule has 0 aromatic heterocycles. The molecule has 1 aliphatic rings. The summed E-state index contributed by atoms with van der Waals surface area (Å²) in [5, 5.41) is 7.41. The van der Waals surface area contributed by atoms with Crippen LogP contribution in [-0.4, -0.2) is 44.1 Å². The van der Waals surface area contributed by atoms with Gasteiger partial charge in [-0.1, -0.05) is 23.7 Å². The zero-order chi connectivity index (χ0) is 21.5. The first-order valence-corrected chi connectivity index (χ1v) is 10.3. The zero-order valence-corrected chi connectivity index (χ0v) is 18.0. The lowest BCUT2D eigenvalue weighted by atomic mass is 10.0. The fourth-order valence-corrected chi connectivity index (χ4v) is 3.73. The SMILES string of the molecule is CN=C(NCc1ccc(Cl)cc1OC)NC1CCN(Cc2ccc(F)c(F)c2)CC1. The minimum atomic E-state index is -0.809. The molecule has 1 aliphatic heterocycles. The number of hydrogen-bond donors (Lipinski definition) is 2. The maximum Gasteiger partial charge on any atom is 0.191 e. The van der Waals surface area contributed by atoms with Crippen LogP contribution >= 0.6 is 11.6 Å². The van der Waals surface area contributed by atoms with Gasteiger partial charge in [-0.15, -0.1) is 0 Å². The van der Waals surface area contributed by atoms with Crippen LogP contribution in [0.2, 0.25) is 5.02 Å². The van der Waals surface area contributed by atoms with Crippen LogP contribution < -0.4 is 15.4 Å². The quantitative estimate of drug-likeness (QED) is 0.531. The lowest BCUT2D eigenvalue weighted by molar-refractivity contribution is 0.198. The van der Waals surface area contributed by atoms with Crippen LogP contribution in [0, 0.1) is 11.6 Å². The van der Waals surface area contributed by atoms with Crippen molar-refractivity contribution in [3.8, 4) is 5.75 Å². The van der Waals surface area contributed by atoms with Gasteiger partial charge in [0.25, 0.3) is 0 Å². The molecule has 0 saturated carbocycles. The summed E-state index contributed by atoms with van der Waals surface area (Å²) in [5.74, 6) is -0.143. The highest BCUT2D eigenvalue weighted by Crippen LogP contribution is 2.23. The van der Waals surface area contributed by atoms with Crippen molar-refractivity contribution >= 4 is 17.6 Å². The number of nitrogens with one attached hydrogen (secondary N) is 2. The number of nitrogens with zero attached hydrogens (tertiary/aromatic N) is 2. The first kappa shape index (κ1) is 22.3. The molecule has 1 saturated heterocycles. The van der Waals surface area contributed by atoms with E-state index in [-0.39, 0.29) is 0 Å². The summed E-state index contributed by atoms with van der Waals surface area (Å²) < 4.78 is 31.9. The highest BCUT2D eigenvalue weighted by molar-refractivity contribution is 6.30. The predicted octanol–water partition coefficient (Wildman–Crippen LogP) is 3.96. The molecule has 3 rings (SSSR count). The molecule has 0 aliphatic carbocycles. The van der Waals surface area contributed by atoms with Crippen molar-refractivity contribution < 1.29 is 13.5 Å². The Hall–Kier alpha value is -2.38. The lowest BCUT2D eigenvalue weighted by Gasteiger charge is -2.33. The molecule has 2 aromatic carbocycles. The van der Waals surface area contributed by atoms with E-state index in [0.717, 1.165) is 48.8 Å². The maximum absolute atomic E-state index is 13.4. The topological polar surface area (TPSA) is 48.9 Å². The standard InChI is InChI=1S/C22H27ClF2N4O/c1-26-22(27-13-16-4-5-17(23)12-21(16)30-2)28-18-7-9-29(10-8-18)14-15-3-6-19(24)20(25)11-15/h3-6,11-12,18H,7-10,13-14H2,1-2H3,(H2,26,27,28). The van der Waals surface area contributed by atoms with E-state index in [4.69, 9.17) is 16.3 Å². The number of methoxy groups -OCH3 is 1. The second-order valence-corrected chi connectivity index (χ2v) is 7.76. The molecule has 162 valence electrons. The van der Waals surface area contributed by atoms with Crippen LogP contribution in [0.4, 0.5) is 8.78 Å². The van der Waals surface area contributed by atoms with Gasteiger partial charge in [0.15, 0.2) is 17.6 Å². The molecule has 0 unspecified atom stereocenters. The van der Waals surface area contributed by atoms with Crippen molar-refractivity contribution in [2.75, 3.05) is 27.2 Å². The minimum Gasteiger partial charge on any atom is -0.496 e. The zero-order valence-electron chi connectivity index (χ0n) is 17.2. The molecule has 2 N–H and O–H groups in total. The van der Waals surface area contributed by atoms with Crippen LogP contribution in [0.5, 0.6) is 5.75 Å². The molecule has 0 atom stereocenters. The van der Waals surface area contributed by atoms with Gasteiger partial charge in [0.2, 0.25) is 0 Å². The molecule has 8 heteroatoms. The second-order valence-electron chi connectivity index (χ2n) is 7.33. The van der Waals surface area contributed by atoms with E-state index in [1.165, 1.54) is 12.1 Å². The second kappa shape index (κ2) is 10.6. The smallest absolute Gasteiger partial charge is 0.191 e. The highest BCUT2D eigenvalue weighted by atomic mass is 35.5. The number of likely N-dealkylation sites (tertiary alicyclic amines) is 1. The number of ether oxygens (including phenoxy) is 1. The minimum absolute atomic E-state index is 0.296. The van der Waals surface area contributed by atoms with E-state index in [1.807, 2.05) is 12.1 Å². The van der Waals surface area contributed by atoms with Gasteiger partial charge >= 0.3 is 0 Å². The van der Waals surface area contributed by atoms with Gasteiger partial charge in [-0.3, -0.25) is 9.89 Å². The van der Waals surface area contributed by atoms with Gasteiger partial charge in [-0.05, 0) is 42.7 Å². The third-order valence-corrected chi connectivity index (χ3v) is 5.47. The normalized spacial score (nSPS) is 15.8. The maximum atomic E-state index is 13.4. The van der Waals surface area contributed by atoms with E-state index in [0.29, 0.717) is 24.2 Å². The Morgan fingerprint density at radius 3 is 2.60 bits per heavy atom. The number of hydrogen-bond acceptors (Lipinski definition) is 3. The predicted molar refractivity (Wildman–Crippen MR) is 116 cm³/mol. The fraction of sp³-hybridized carbons (Fsp3) is 0.409. The van der Waals surface area contributed by atoms with Gasteiger partial charge in [0.1, 0.15) is 5.75 Å². The Balaban J connectivity index is 1.46. The fourth-order valence-electron chi connectivity index (χ4n) is 3.56. The monoisotopic (exact) mass is 436 g/mol. The Morgan fingerprint density at radius 1 is 1.17 bits per heavy atom. The van der Waals surface area contributed by atoms with Gasteiger partial charge in [-0.25, -0.2) is 8.78 Å². The van der Waals surface area contributed by atoms with Crippen molar-refractivity contribution in [1.29, 1.82) is 0 Å². The molecule has 0 spiro atoms. The Morgan fingerprint density at radius 2 is 1.93 bits per heavy atom. The van der Waals surface area contributed by atoms with Crippen LogP contribution in [-0.2, 0) is 13.1 Å².